The van der Waals surface area contributed by atoms with Crippen LogP contribution >= 0.6 is 11.3 Å². The molecule has 1 atom stereocenters. The number of aryl methyl sites for hydroxylation is 2. The zero-order valence-corrected chi connectivity index (χ0v) is 18.8. The standard InChI is InChI=1S/C23H30N4O2S/c1-15(2)22(29)26-10-12-27(13-11-26)23-25-19-9-6-17(14-20(19)30-23)21(28)24-18-7-4-16(3)5-8-18/h4-5,7-8,15,17H,6,9-14H2,1-3H3,(H,24,28)/t17-/m1/s1. The van der Waals surface area contributed by atoms with Crippen LogP contribution in [0.15, 0.2) is 24.3 Å². The molecule has 1 aromatic carbocycles. The number of rotatable bonds is 4. The summed E-state index contributed by atoms with van der Waals surface area (Å²) in [5.74, 6) is 0.370. The minimum Gasteiger partial charge on any atom is -0.345 e. The van der Waals surface area contributed by atoms with Crippen molar-refractivity contribution in [2.75, 3.05) is 36.4 Å². The number of hydrogen-bond donors (Lipinski definition) is 1. The zero-order chi connectivity index (χ0) is 21.3. The van der Waals surface area contributed by atoms with Crippen LogP contribution in [-0.2, 0) is 22.4 Å². The van der Waals surface area contributed by atoms with E-state index in [0.717, 1.165) is 62.0 Å². The molecular formula is C23H30N4O2S. The van der Waals surface area contributed by atoms with Crippen molar-refractivity contribution in [3.63, 3.8) is 0 Å². The molecule has 6 nitrogen and oxygen atoms in total. The van der Waals surface area contributed by atoms with Crippen LogP contribution in [0, 0.1) is 18.8 Å². The maximum Gasteiger partial charge on any atom is 0.227 e. The highest BCUT2D eigenvalue weighted by molar-refractivity contribution is 7.15. The molecule has 0 spiro atoms. The molecule has 1 N–H and O–H groups in total. The molecule has 2 aromatic rings. The molecule has 2 aliphatic rings. The molecule has 4 rings (SSSR count). The lowest BCUT2D eigenvalue weighted by Gasteiger charge is -2.35. The van der Waals surface area contributed by atoms with Gasteiger partial charge in [-0.1, -0.05) is 31.5 Å². The molecule has 0 unspecified atom stereocenters. The van der Waals surface area contributed by atoms with Gasteiger partial charge in [0.15, 0.2) is 5.13 Å². The van der Waals surface area contributed by atoms with Crippen molar-refractivity contribution in [1.29, 1.82) is 0 Å². The van der Waals surface area contributed by atoms with E-state index < -0.39 is 0 Å². The number of fused-ring (bicyclic) bond motifs is 1. The first kappa shape index (κ1) is 20.8. The fraction of sp³-hybridized carbons (Fsp3) is 0.522. The molecule has 1 saturated heterocycles. The highest BCUT2D eigenvalue weighted by Crippen LogP contribution is 2.35. The molecule has 0 bridgehead atoms. The summed E-state index contributed by atoms with van der Waals surface area (Å²) in [7, 11) is 0. The third kappa shape index (κ3) is 4.51. The van der Waals surface area contributed by atoms with Crippen LogP contribution in [0.25, 0.3) is 0 Å². The van der Waals surface area contributed by atoms with Crippen molar-refractivity contribution in [3.8, 4) is 0 Å². The number of carbonyl (C=O) groups excluding carboxylic acids is 2. The van der Waals surface area contributed by atoms with Gasteiger partial charge in [0.1, 0.15) is 0 Å². The minimum atomic E-state index is -0.00684. The molecule has 160 valence electrons. The number of nitrogens with zero attached hydrogens (tertiary/aromatic N) is 3. The molecule has 30 heavy (non-hydrogen) atoms. The molecule has 1 aromatic heterocycles. The van der Waals surface area contributed by atoms with Gasteiger partial charge >= 0.3 is 0 Å². The van der Waals surface area contributed by atoms with Crippen LogP contribution in [-0.4, -0.2) is 47.9 Å². The van der Waals surface area contributed by atoms with Gasteiger partial charge in [0.2, 0.25) is 11.8 Å². The van der Waals surface area contributed by atoms with Crippen LogP contribution in [0.1, 0.15) is 36.4 Å². The van der Waals surface area contributed by atoms with E-state index in [4.69, 9.17) is 4.98 Å². The lowest BCUT2D eigenvalue weighted by molar-refractivity contribution is -0.134. The summed E-state index contributed by atoms with van der Waals surface area (Å²) in [5, 5.41) is 4.10. The number of benzene rings is 1. The second-order valence-electron chi connectivity index (χ2n) is 8.63. The Balaban J connectivity index is 1.36. The summed E-state index contributed by atoms with van der Waals surface area (Å²) in [6, 6.07) is 7.93. The topological polar surface area (TPSA) is 65.5 Å². The van der Waals surface area contributed by atoms with Gasteiger partial charge in [-0.15, -0.1) is 11.3 Å². The first-order valence-electron chi connectivity index (χ1n) is 10.8. The molecular weight excluding hydrogens is 396 g/mol. The van der Waals surface area contributed by atoms with Gasteiger partial charge in [0, 0.05) is 48.6 Å². The summed E-state index contributed by atoms with van der Waals surface area (Å²) >= 11 is 1.72. The number of thiazole rings is 1. The van der Waals surface area contributed by atoms with Gasteiger partial charge in [0.05, 0.1) is 5.69 Å². The summed E-state index contributed by atoms with van der Waals surface area (Å²) in [6.45, 7) is 9.09. The second-order valence-corrected chi connectivity index (χ2v) is 9.69. The molecule has 0 saturated carbocycles. The van der Waals surface area contributed by atoms with Crippen molar-refractivity contribution < 1.29 is 9.59 Å². The van der Waals surface area contributed by atoms with Crippen LogP contribution in [0.2, 0.25) is 0 Å². The van der Waals surface area contributed by atoms with E-state index >= 15 is 0 Å². The van der Waals surface area contributed by atoms with Gasteiger partial charge in [-0.2, -0.15) is 0 Å². The van der Waals surface area contributed by atoms with Crippen molar-refractivity contribution in [1.82, 2.24) is 9.88 Å². The van der Waals surface area contributed by atoms with E-state index in [0.29, 0.717) is 0 Å². The number of hydrogen-bond acceptors (Lipinski definition) is 5. The van der Waals surface area contributed by atoms with E-state index in [9.17, 15) is 9.59 Å². The fourth-order valence-electron chi connectivity index (χ4n) is 4.08. The predicted molar refractivity (Wildman–Crippen MR) is 121 cm³/mol. The molecule has 1 aliphatic heterocycles. The van der Waals surface area contributed by atoms with Crippen LogP contribution in [0.5, 0.6) is 0 Å². The Morgan fingerprint density at radius 3 is 2.50 bits per heavy atom. The maximum atomic E-state index is 12.8. The number of nitrogens with one attached hydrogen (secondary N) is 1. The van der Waals surface area contributed by atoms with Crippen LogP contribution in [0.3, 0.4) is 0 Å². The molecule has 2 amide bonds. The number of amides is 2. The SMILES string of the molecule is Cc1ccc(NC(=O)[C@@H]2CCc3nc(N4CCN(C(=O)C(C)C)CC4)sc3C2)cc1. The lowest BCUT2D eigenvalue weighted by atomic mass is 9.90. The molecule has 1 fully saturated rings. The highest BCUT2D eigenvalue weighted by Gasteiger charge is 2.30. The van der Waals surface area contributed by atoms with Crippen molar-refractivity contribution >= 4 is 34.0 Å². The Bertz CT molecular complexity index is 914. The largest absolute Gasteiger partial charge is 0.345 e. The average molecular weight is 427 g/mol. The Hall–Kier alpha value is -2.41. The molecule has 2 heterocycles. The predicted octanol–water partition coefficient (Wildman–Crippen LogP) is 3.50. The van der Waals surface area contributed by atoms with E-state index in [1.807, 2.05) is 49.9 Å². The van der Waals surface area contributed by atoms with Crippen molar-refractivity contribution in [2.24, 2.45) is 11.8 Å². The normalized spacial score (nSPS) is 19.0. The second kappa shape index (κ2) is 8.76. The average Bonchev–Trinajstić information content (AvgIpc) is 3.18. The Labute approximate surface area is 182 Å². The van der Waals surface area contributed by atoms with E-state index in [1.165, 1.54) is 10.4 Å². The van der Waals surface area contributed by atoms with E-state index in [2.05, 4.69) is 10.2 Å². The fourth-order valence-corrected chi connectivity index (χ4v) is 5.32. The van der Waals surface area contributed by atoms with Crippen LogP contribution < -0.4 is 10.2 Å². The summed E-state index contributed by atoms with van der Waals surface area (Å²) in [6.07, 6.45) is 2.45. The quantitative estimate of drug-likeness (QED) is 0.813. The first-order chi connectivity index (χ1) is 14.4. The monoisotopic (exact) mass is 426 g/mol. The number of piperazine rings is 1. The van der Waals surface area contributed by atoms with Gasteiger partial charge in [0.25, 0.3) is 0 Å². The summed E-state index contributed by atoms with van der Waals surface area (Å²) in [5.41, 5.74) is 3.19. The van der Waals surface area contributed by atoms with Crippen molar-refractivity contribution in [3.05, 3.63) is 40.4 Å². The van der Waals surface area contributed by atoms with Gasteiger partial charge < -0.3 is 15.1 Å². The smallest absolute Gasteiger partial charge is 0.227 e. The molecule has 1 aliphatic carbocycles. The van der Waals surface area contributed by atoms with E-state index in [-0.39, 0.29) is 23.7 Å². The van der Waals surface area contributed by atoms with E-state index in [1.54, 1.807) is 11.3 Å². The zero-order valence-electron chi connectivity index (χ0n) is 18.0. The number of carbonyl (C=O) groups is 2. The summed E-state index contributed by atoms with van der Waals surface area (Å²) < 4.78 is 0. The molecule has 0 radical (unpaired) electrons. The Morgan fingerprint density at radius 2 is 1.83 bits per heavy atom. The number of anilines is 2. The lowest BCUT2D eigenvalue weighted by Crippen LogP contribution is -2.49. The summed E-state index contributed by atoms with van der Waals surface area (Å²) in [4.78, 5) is 35.3. The minimum absolute atomic E-state index is 0.00684. The van der Waals surface area contributed by atoms with Crippen LogP contribution in [0.4, 0.5) is 10.8 Å². The van der Waals surface area contributed by atoms with Gasteiger partial charge in [-0.3, -0.25) is 9.59 Å². The van der Waals surface area contributed by atoms with Gasteiger partial charge in [-0.25, -0.2) is 4.98 Å². The van der Waals surface area contributed by atoms with Crippen molar-refractivity contribution in [2.45, 2.75) is 40.0 Å². The third-order valence-corrected chi connectivity index (χ3v) is 7.15. The number of aromatic nitrogens is 1. The van der Waals surface area contributed by atoms with Gasteiger partial charge in [-0.05, 0) is 38.3 Å². The third-order valence-electron chi connectivity index (χ3n) is 5.97. The highest BCUT2D eigenvalue weighted by atomic mass is 32.1. The Kier molecular flexibility index (Phi) is 6.09. The maximum absolute atomic E-state index is 12.8. The Morgan fingerprint density at radius 1 is 1.13 bits per heavy atom. The first-order valence-corrected chi connectivity index (χ1v) is 11.6. The molecule has 7 heteroatoms.